The zero-order valence-corrected chi connectivity index (χ0v) is 15.9. The number of aliphatic hydroxyl groups is 1. The van der Waals surface area contributed by atoms with E-state index in [1.54, 1.807) is 0 Å². The van der Waals surface area contributed by atoms with Gasteiger partial charge in [-0.25, -0.2) is 0 Å². The summed E-state index contributed by atoms with van der Waals surface area (Å²) in [7, 11) is 4.29. The Hall–Kier alpha value is -1.35. The number of hydrogen-bond acceptors (Lipinski definition) is 2. The molecule has 2 aromatic rings. The van der Waals surface area contributed by atoms with Crippen LogP contribution in [0.15, 0.2) is 54.6 Å². The predicted octanol–water partition coefficient (Wildman–Crippen LogP) is 5.11. The van der Waals surface area contributed by atoms with Gasteiger partial charge < -0.3 is 10.0 Å². The van der Waals surface area contributed by atoms with Crippen LogP contribution in [-0.2, 0) is 6.42 Å². The summed E-state index contributed by atoms with van der Waals surface area (Å²) in [6.45, 7) is 0. The van der Waals surface area contributed by atoms with Gasteiger partial charge >= 0.3 is 0 Å². The molecule has 3 rings (SSSR count). The third-order valence-corrected chi connectivity index (χ3v) is 5.80. The van der Waals surface area contributed by atoms with Crippen LogP contribution >= 0.6 is 11.6 Å². The molecule has 1 saturated carbocycles. The number of halogens is 1. The van der Waals surface area contributed by atoms with Crippen LogP contribution in [0.2, 0.25) is 5.02 Å². The lowest BCUT2D eigenvalue weighted by Crippen LogP contribution is -2.39. The van der Waals surface area contributed by atoms with Crippen molar-refractivity contribution in [3.05, 3.63) is 70.7 Å². The summed E-state index contributed by atoms with van der Waals surface area (Å²) in [5, 5.41) is 11.8. The first kappa shape index (κ1) is 18.4. The quantitative estimate of drug-likeness (QED) is 0.804. The zero-order chi connectivity index (χ0) is 17.9. The van der Waals surface area contributed by atoms with Gasteiger partial charge in [-0.2, -0.15) is 0 Å². The van der Waals surface area contributed by atoms with Crippen LogP contribution in [0.25, 0.3) is 0 Å². The molecule has 0 aromatic heterocycles. The van der Waals surface area contributed by atoms with E-state index in [0.717, 1.165) is 37.1 Å². The van der Waals surface area contributed by atoms with Crippen molar-refractivity contribution in [2.75, 3.05) is 14.1 Å². The maximum Gasteiger partial charge on any atom is 0.0688 e. The minimum atomic E-state index is -0.561. The van der Waals surface area contributed by atoms with Crippen LogP contribution < -0.4 is 0 Å². The highest BCUT2D eigenvalue weighted by atomic mass is 35.5. The van der Waals surface area contributed by atoms with Crippen molar-refractivity contribution in [2.24, 2.45) is 5.92 Å². The van der Waals surface area contributed by atoms with Gasteiger partial charge in [-0.05, 0) is 69.0 Å². The third kappa shape index (κ3) is 4.63. The van der Waals surface area contributed by atoms with Crippen LogP contribution in [0.4, 0.5) is 0 Å². The Morgan fingerprint density at radius 2 is 1.64 bits per heavy atom. The Morgan fingerprint density at radius 3 is 2.20 bits per heavy atom. The van der Waals surface area contributed by atoms with E-state index in [9.17, 15) is 5.11 Å². The summed E-state index contributed by atoms with van der Waals surface area (Å²) in [6.07, 6.45) is 4.59. The molecule has 2 nitrogen and oxygen atoms in total. The molecule has 1 fully saturated rings. The summed E-state index contributed by atoms with van der Waals surface area (Å²) in [6, 6.07) is 18.9. The minimum Gasteiger partial charge on any atom is -0.390 e. The molecule has 1 aliphatic rings. The summed E-state index contributed by atoms with van der Waals surface area (Å²) in [4.78, 5) is 2.30. The second kappa shape index (κ2) is 7.90. The first-order valence-corrected chi connectivity index (χ1v) is 9.53. The van der Waals surface area contributed by atoms with E-state index in [2.05, 4.69) is 43.3 Å². The number of benzene rings is 2. The van der Waals surface area contributed by atoms with Gasteiger partial charge in [0.15, 0.2) is 0 Å². The highest BCUT2D eigenvalue weighted by Crippen LogP contribution is 2.42. The zero-order valence-electron chi connectivity index (χ0n) is 15.2. The molecule has 25 heavy (non-hydrogen) atoms. The van der Waals surface area contributed by atoms with Crippen molar-refractivity contribution in [2.45, 2.75) is 43.7 Å². The first-order valence-electron chi connectivity index (χ1n) is 9.15. The fraction of sp³-hybridized carbons (Fsp3) is 0.455. The molecule has 1 N–H and O–H groups in total. The van der Waals surface area contributed by atoms with Crippen LogP contribution in [0.1, 0.15) is 42.9 Å². The average Bonchev–Trinajstić information content (AvgIpc) is 2.59. The molecule has 0 aliphatic heterocycles. The third-order valence-electron chi connectivity index (χ3n) is 5.55. The van der Waals surface area contributed by atoms with Gasteiger partial charge in [0, 0.05) is 17.5 Å². The molecule has 0 bridgehead atoms. The Labute approximate surface area is 156 Å². The van der Waals surface area contributed by atoms with Gasteiger partial charge in [0.25, 0.3) is 0 Å². The molecular weight excluding hydrogens is 330 g/mol. The topological polar surface area (TPSA) is 23.5 Å². The van der Waals surface area contributed by atoms with Gasteiger partial charge in [-0.15, -0.1) is 0 Å². The van der Waals surface area contributed by atoms with Gasteiger partial charge in [0.05, 0.1) is 5.60 Å². The molecule has 1 atom stereocenters. The van der Waals surface area contributed by atoms with Crippen LogP contribution in [0.3, 0.4) is 0 Å². The van der Waals surface area contributed by atoms with Gasteiger partial charge in [0.2, 0.25) is 0 Å². The lowest BCUT2D eigenvalue weighted by Gasteiger charge is -2.41. The summed E-state index contributed by atoms with van der Waals surface area (Å²) >= 11 is 6.05. The number of rotatable bonds is 5. The molecule has 134 valence electrons. The monoisotopic (exact) mass is 357 g/mol. The molecule has 0 saturated heterocycles. The van der Waals surface area contributed by atoms with Crippen molar-refractivity contribution >= 4 is 11.6 Å². The van der Waals surface area contributed by atoms with E-state index in [1.807, 2.05) is 30.3 Å². The molecule has 0 amide bonds. The summed E-state index contributed by atoms with van der Waals surface area (Å²) in [5.74, 6) is 0.562. The molecular formula is C22H28ClNO. The van der Waals surface area contributed by atoms with Gasteiger partial charge in [0.1, 0.15) is 0 Å². The Bertz CT molecular complexity index is 660. The highest BCUT2D eigenvalue weighted by Gasteiger charge is 2.37. The fourth-order valence-electron chi connectivity index (χ4n) is 4.30. The van der Waals surface area contributed by atoms with E-state index in [0.29, 0.717) is 12.0 Å². The highest BCUT2D eigenvalue weighted by molar-refractivity contribution is 6.30. The van der Waals surface area contributed by atoms with Crippen LogP contribution in [0.5, 0.6) is 0 Å². The van der Waals surface area contributed by atoms with Gasteiger partial charge in [-0.3, -0.25) is 0 Å². The van der Waals surface area contributed by atoms with E-state index in [1.165, 1.54) is 11.1 Å². The van der Waals surface area contributed by atoms with Crippen LogP contribution in [-0.4, -0.2) is 29.7 Å². The van der Waals surface area contributed by atoms with Gasteiger partial charge in [-0.1, -0.05) is 54.1 Å². The standard InChI is InChI=1S/C22H28ClNO/c1-24(2)21(18-8-10-20(23)11-9-18)19-12-14-22(25,15-13-19)16-17-6-4-3-5-7-17/h3-11,19,21,25H,12-16H2,1-2H3. The molecule has 1 aliphatic carbocycles. The summed E-state index contributed by atoms with van der Waals surface area (Å²) < 4.78 is 0. The van der Waals surface area contributed by atoms with Crippen molar-refractivity contribution in [1.82, 2.24) is 4.90 Å². The Kier molecular flexibility index (Phi) is 5.83. The van der Waals surface area contributed by atoms with Crippen molar-refractivity contribution in [3.8, 4) is 0 Å². The van der Waals surface area contributed by atoms with Crippen molar-refractivity contribution in [1.29, 1.82) is 0 Å². The Morgan fingerprint density at radius 1 is 1.04 bits per heavy atom. The smallest absolute Gasteiger partial charge is 0.0688 e. The largest absolute Gasteiger partial charge is 0.390 e. The van der Waals surface area contributed by atoms with E-state index >= 15 is 0 Å². The first-order chi connectivity index (χ1) is 12.0. The molecule has 3 heteroatoms. The minimum absolute atomic E-state index is 0.374. The number of nitrogens with zero attached hydrogens (tertiary/aromatic N) is 1. The summed E-state index contributed by atoms with van der Waals surface area (Å²) in [5.41, 5.74) is 1.98. The lowest BCUT2D eigenvalue weighted by atomic mass is 9.72. The normalized spacial score (nSPS) is 25.1. The van der Waals surface area contributed by atoms with E-state index in [-0.39, 0.29) is 0 Å². The van der Waals surface area contributed by atoms with Crippen molar-refractivity contribution in [3.63, 3.8) is 0 Å². The lowest BCUT2D eigenvalue weighted by molar-refractivity contribution is -0.0202. The maximum atomic E-state index is 11.0. The SMILES string of the molecule is CN(C)C(c1ccc(Cl)cc1)C1CCC(O)(Cc2ccccc2)CC1. The van der Waals surface area contributed by atoms with Crippen LogP contribution in [0, 0.1) is 5.92 Å². The molecule has 0 heterocycles. The number of hydrogen-bond donors (Lipinski definition) is 1. The van der Waals surface area contributed by atoms with E-state index < -0.39 is 5.60 Å². The van der Waals surface area contributed by atoms with Crippen molar-refractivity contribution < 1.29 is 5.11 Å². The Balaban J connectivity index is 1.68. The second-order valence-corrected chi connectivity index (χ2v) is 8.12. The van der Waals surface area contributed by atoms with E-state index in [4.69, 9.17) is 11.6 Å². The second-order valence-electron chi connectivity index (χ2n) is 7.68. The molecule has 0 spiro atoms. The fourth-order valence-corrected chi connectivity index (χ4v) is 4.42. The maximum absolute atomic E-state index is 11.0. The predicted molar refractivity (Wildman–Crippen MR) is 105 cm³/mol. The average molecular weight is 358 g/mol. The molecule has 2 aromatic carbocycles. The molecule has 0 radical (unpaired) electrons. The molecule has 1 unspecified atom stereocenters.